The molecule has 7 nitrogen and oxygen atoms in total. The molecule has 1 N–H and O–H groups in total. The van der Waals surface area contributed by atoms with Crippen molar-refractivity contribution < 1.29 is 9.47 Å². The highest BCUT2D eigenvalue weighted by atomic mass is 79.9. The third-order valence-corrected chi connectivity index (χ3v) is 3.50. The molecule has 0 aliphatic carbocycles. The van der Waals surface area contributed by atoms with Gasteiger partial charge in [-0.3, -0.25) is 4.79 Å². The van der Waals surface area contributed by atoms with Crippen molar-refractivity contribution >= 4 is 21.6 Å². The molecule has 1 heterocycles. The van der Waals surface area contributed by atoms with Gasteiger partial charge in [-0.1, -0.05) is 0 Å². The Kier molecular flexibility index (Phi) is 7.14. The molecule has 1 rings (SSSR count). The quantitative estimate of drug-likeness (QED) is 0.694. The molecule has 0 amide bonds. The van der Waals surface area contributed by atoms with Crippen LogP contribution in [0.25, 0.3) is 0 Å². The summed E-state index contributed by atoms with van der Waals surface area (Å²) in [5, 5.41) is 7.21. The van der Waals surface area contributed by atoms with Gasteiger partial charge >= 0.3 is 0 Å². The Bertz CT molecular complexity index is 474. The molecule has 0 aliphatic heterocycles. The first kappa shape index (κ1) is 17.1. The Hall–Kier alpha value is -0.960. The minimum atomic E-state index is -0.377. The monoisotopic (exact) mass is 348 g/mol. The molecule has 0 atom stereocenters. The fourth-order valence-corrected chi connectivity index (χ4v) is 1.95. The summed E-state index contributed by atoms with van der Waals surface area (Å²) in [6.45, 7) is 1.72. The van der Waals surface area contributed by atoms with Crippen LogP contribution in [0, 0.1) is 0 Å². The number of methoxy groups -OCH3 is 2. The highest BCUT2D eigenvalue weighted by Crippen LogP contribution is 2.16. The smallest absolute Gasteiger partial charge is 0.283 e. The summed E-state index contributed by atoms with van der Waals surface area (Å²) >= 11 is 3.30. The SMILES string of the molecule is COC(CNc1cnn(CCN(C)C)c(=O)c1Br)OC. The van der Waals surface area contributed by atoms with Gasteiger partial charge in [-0.15, -0.1) is 0 Å². The van der Waals surface area contributed by atoms with Gasteiger partial charge in [0.1, 0.15) is 4.47 Å². The molecule has 20 heavy (non-hydrogen) atoms. The van der Waals surface area contributed by atoms with E-state index in [1.807, 2.05) is 19.0 Å². The molecule has 1 aromatic rings. The molecular formula is C12H21BrN4O3. The second kappa shape index (κ2) is 8.35. The summed E-state index contributed by atoms with van der Waals surface area (Å²) in [5.74, 6) is 0. The Balaban J connectivity index is 2.76. The van der Waals surface area contributed by atoms with E-state index < -0.39 is 0 Å². The van der Waals surface area contributed by atoms with Crippen LogP contribution in [0.15, 0.2) is 15.5 Å². The second-order valence-corrected chi connectivity index (χ2v) is 5.28. The number of nitrogens with one attached hydrogen (secondary N) is 1. The summed E-state index contributed by atoms with van der Waals surface area (Å²) < 4.78 is 12.0. The van der Waals surface area contributed by atoms with Crippen molar-refractivity contribution in [1.29, 1.82) is 0 Å². The molecule has 0 aromatic carbocycles. The lowest BCUT2D eigenvalue weighted by atomic mass is 10.4. The van der Waals surface area contributed by atoms with Crippen LogP contribution in [0.4, 0.5) is 5.69 Å². The predicted octanol–water partition coefficient (Wildman–Crippen LogP) is 0.598. The van der Waals surface area contributed by atoms with Crippen LogP contribution < -0.4 is 10.9 Å². The van der Waals surface area contributed by atoms with Crippen LogP contribution >= 0.6 is 15.9 Å². The number of hydrogen-bond donors (Lipinski definition) is 1. The van der Waals surface area contributed by atoms with Gasteiger partial charge in [0, 0.05) is 20.8 Å². The zero-order valence-electron chi connectivity index (χ0n) is 12.2. The van der Waals surface area contributed by atoms with Crippen molar-refractivity contribution in [3.05, 3.63) is 21.0 Å². The standard InChI is InChI=1S/C12H21BrN4O3/c1-16(2)5-6-17-12(18)11(13)9(7-15-17)14-8-10(19-3)20-4/h7,10,14H,5-6,8H2,1-4H3. The van der Waals surface area contributed by atoms with E-state index in [4.69, 9.17) is 9.47 Å². The van der Waals surface area contributed by atoms with E-state index in [2.05, 4.69) is 26.3 Å². The Labute approximate surface area is 127 Å². The first-order valence-electron chi connectivity index (χ1n) is 6.19. The third-order valence-electron chi connectivity index (χ3n) is 2.73. The van der Waals surface area contributed by atoms with Gasteiger partial charge in [0.15, 0.2) is 6.29 Å². The van der Waals surface area contributed by atoms with Crippen LogP contribution in [-0.4, -0.2) is 62.4 Å². The van der Waals surface area contributed by atoms with E-state index in [0.717, 1.165) is 6.54 Å². The van der Waals surface area contributed by atoms with Gasteiger partial charge in [0.2, 0.25) is 0 Å². The van der Waals surface area contributed by atoms with Crippen LogP contribution in [0.1, 0.15) is 0 Å². The largest absolute Gasteiger partial charge is 0.378 e. The van der Waals surface area contributed by atoms with Gasteiger partial charge in [-0.25, -0.2) is 4.68 Å². The molecule has 114 valence electrons. The summed E-state index contributed by atoms with van der Waals surface area (Å²) in [6, 6.07) is 0. The number of hydrogen-bond acceptors (Lipinski definition) is 6. The van der Waals surface area contributed by atoms with E-state index in [9.17, 15) is 4.79 Å². The van der Waals surface area contributed by atoms with Crippen molar-refractivity contribution in [3.8, 4) is 0 Å². The van der Waals surface area contributed by atoms with Crippen LogP contribution in [0.3, 0.4) is 0 Å². The number of ether oxygens (including phenoxy) is 2. The van der Waals surface area contributed by atoms with E-state index in [0.29, 0.717) is 23.2 Å². The first-order chi connectivity index (χ1) is 9.49. The predicted molar refractivity (Wildman–Crippen MR) is 81.0 cm³/mol. The number of nitrogens with zero attached hydrogens (tertiary/aromatic N) is 3. The lowest BCUT2D eigenvalue weighted by Gasteiger charge is -2.16. The summed E-state index contributed by atoms with van der Waals surface area (Å²) in [7, 11) is 7.02. The highest BCUT2D eigenvalue weighted by Gasteiger charge is 2.11. The zero-order valence-corrected chi connectivity index (χ0v) is 13.8. The van der Waals surface area contributed by atoms with Crippen molar-refractivity contribution in [2.24, 2.45) is 0 Å². The molecule has 0 bridgehead atoms. The summed E-state index contributed by atoms with van der Waals surface area (Å²) in [6.07, 6.45) is 1.24. The van der Waals surface area contributed by atoms with E-state index in [1.165, 1.54) is 4.68 Å². The molecule has 1 aromatic heterocycles. The Morgan fingerprint density at radius 1 is 1.45 bits per heavy atom. The normalized spacial score (nSPS) is 11.3. The molecule has 0 fully saturated rings. The number of likely N-dealkylation sites (N-methyl/N-ethyl adjacent to an activating group) is 1. The Morgan fingerprint density at radius 3 is 2.65 bits per heavy atom. The molecule has 0 spiro atoms. The zero-order chi connectivity index (χ0) is 15.1. The molecule has 8 heteroatoms. The first-order valence-corrected chi connectivity index (χ1v) is 6.98. The maximum Gasteiger partial charge on any atom is 0.283 e. The average Bonchev–Trinajstić information content (AvgIpc) is 2.43. The van der Waals surface area contributed by atoms with Crippen molar-refractivity contribution in [1.82, 2.24) is 14.7 Å². The molecule has 0 radical (unpaired) electrons. The second-order valence-electron chi connectivity index (χ2n) is 4.49. The number of anilines is 1. The fourth-order valence-electron chi connectivity index (χ4n) is 1.50. The summed E-state index contributed by atoms with van der Waals surface area (Å²) in [5.41, 5.74) is 0.457. The van der Waals surface area contributed by atoms with Gasteiger partial charge in [-0.05, 0) is 30.0 Å². The maximum atomic E-state index is 12.1. The molecular weight excluding hydrogens is 328 g/mol. The molecule has 0 saturated carbocycles. The van der Waals surface area contributed by atoms with Crippen LogP contribution in [-0.2, 0) is 16.0 Å². The highest BCUT2D eigenvalue weighted by molar-refractivity contribution is 9.10. The fraction of sp³-hybridized carbons (Fsp3) is 0.667. The number of halogens is 1. The topological polar surface area (TPSA) is 68.6 Å². The number of rotatable bonds is 8. The molecule has 0 aliphatic rings. The van der Waals surface area contributed by atoms with Crippen LogP contribution in [0.2, 0.25) is 0 Å². The van der Waals surface area contributed by atoms with E-state index >= 15 is 0 Å². The average molecular weight is 349 g/mol. The van der Waals surface area contributed by atoms with Gasteiger partial charge in [-0.2, -0.15) is 5.10 Å². The van der Waals surface area contributed by atoms with E-state index in [-0.39, 0.29) is 11.8 Å². The number of aromatic nitrogens is 2. The van der Waals surface area contributed by atoms with Crippen molar-refractivity contribution in [3.63, 3.8) is 0 Å². The minimum absolute atomic E-state index is 0.164. The van der Waals surface area contributed by atoms with Gasteiger partial charge < -0.3 is 19.7 Å². The summed E-state index contributed by atoms with van der Waals surface area (Å²) in [4.78, 5) is 14.1. The van der Waals surface area contributed by atoms with E-state index in [1.54, 1.807) is 20.4 Å². The molecule has 0 unspecified atom stereocenters. The van der Waals surface area contributed by atoms with Crippen LogP contribution in [0.5, 0.6) is 0 Å². The molecule has 0 saturated heterocycles. The third kappa shape index (κ3) is 4.86. The minimum Gasteiger partial charge on any atom is -0.378 e. The van der Waals surface area contributed by atoms with Crippen molar-refractivity contribution in [2.45, 2.75) is 12.8 Å². The lowest BCUT2D eigenvalue weighted by Crippen LogP contribution is -2.30. The Morgan fingerprint density at radius 2 is 2.10 bits per heavy atom. The van der Waals surface area contributed by atoms with Gasteiger partial charge in [0.25, 0.3) is 5.56 Å². The van der Waals surface area contributed by atoms with Crippen molar-refractivity contribution in [2.75, 3.05) is 46.7 Å². The maximum absolute atomic E-state index is 12.1. The lowest BCUT2D eigenvalue weighted by molar-refractivity contribution is -0.0914. The van der Waals surface area contributed by atoms with Gasteiger partial charge in [0.05, 0.1) is 25.0 Å².